The van der Waals surface area contributed by atoms with E-state index in [-0.39, 0.29) is 18.0 Å². The third-order valence-electron chi connectivity index (χ3n) is 4.49. The average molecular weight is 459 g/mol. The van der Waals surface area contributed by atoms with Gasteiger partial charge in [-0.2, -0.15) is 0 Å². The van der Waals surface area contributed by atoms with Gasteiger partial charge in [0.25, 0.3) is 10.0 Å². The molecule has 162 valence electrons. The Morgan fingerprint density at radius 2 is 1.61 bits per heavy atom. The molecule has 1 N–H and O–H groups in total. The number of sulfonamides is 1. The molecule has 31 heavy (non-hydrogen) atoms. The molecular formula is C23H23ClN2O4S. The van der Waals surface area contributed by atoms with Crippen molar-refractivity contribution in [3.05, 3.63) is 89.4 Å². The molecule has 6 nitrogen and oxygen atoms in total. The second-order valence-corrected chi connectivity index (χ2v) is 8.89. The minimum atomic E-state index is -3.98. The number of para-hydroxylation sites is 1. The fraction of sp³-hybridized carbons (Fsp3) is 0.174. The Labute approximate surface area is 187 Å². The van der Waals surface area contributed by atoms with Gasteiger partial charge in [0, 0.05) is 11.6 Å². The first kappa shape index (κ1) is 22.7. The van der Waals surface area contributed by atoms with Crippen molar-refractivity contribution in [3.8, 4) is 5.75 Å². The van der Waals surface area contributed by atoms with Gasteiger partial charge in [-0.05, 0) is 55.0 Å². The van der Waals surface area contributed by atoms with Crippen LogP contribution in [0.3, 0.4) is 0 Å². The molecule has 0 spiro atoms. The smallest absolute Gasteiger partial charge is 0.264 e. The summed E-state index contributed by atoms with van der Waals surface area (Å²) < 4.78 is 33.2. The minimum absolute atomic E-state index is 0.0682. The maximum atomic E-state index is 13.3. The predicted molar refractivity (Wildman–Crippen MR) is 122 cm³/mol. The molecule has 0 aromatic heterocycles. The molecule has 8 heteroatoms. The molecule has 0 radical (unpaired) electrons. The number of anilines is 1. The number of hydrogen-bond acceptors (Lipinski definition) is 4. The Morgan fingerprint density at radius 1 is 0.968 bits per heavy atom. The number of nitrogens with one attached hydrogen (secondary N) is 1. The molecule has 0 atom stereocenters. The number of ether oxygens (including phenoxy) is 1. The Morgan fingerprint density at radius 3 is 2.26 bits per heavy atom. The predicted octanol–water partition coefficient (Wildman–Crippen LogP) is 4.25. The van der Waals surface area contributed by atoms with E-state index in [1.54, 1.807) is 60.7 Å². The highest BCUT2D eigenvalue weighted by Gasteiger charge is 2.27. The van der Waals surface area contributed by atoms with E-state index >= 15 is 0 Å². The van der Waals surface area contributed by atoms with E-state index < -0.39 is 15.9 Å². The standard InChI is InChI=1S/C23H23ClN2O4S/c1-2-30-20-12-14-21(15-13-20)31(28,29)26(19-9-4-3-5-10-19)17-23(27)25-16-18-8-6-7-11-22(18)24/h3-15H,2,16-17H2,1H3,(H,25,27). The quantitative estimate of drug-likeness (QED) is 0.520. The first-order valence-electron chi connectivity index (χ1n) is 9.72. The zero-order valence-electron chi connectivity index (χ0n) is 17.0. The van der Waals surface area contributed by atoms with Crippen molar-refractivity contribution in [3.63, 3.8) is 0 Å². The monoisotopic (exact) mass is 458 g/mol. The lowest BCUT2D eigenvalue weighted by Gasteiger charge is -2.24. The number of rotatable bonds is 9. The lowest BCUT2D eigenvalue weighted by Crippen LogP contribution is -2.40. The summed E-state index contributed by atoms with van der Waals surface area (Å²) in [7, 11) is -3.98. The van der Waals surface area contributed by atoms with E-state index in [1.165, 1.54) is 12.1 Å². The van der Waals surface area contributed by atoms with Gasteiger partial charge < -0.3 is 10.1 Å². The van der Waals surface area contributed by atoms with Crippen LogP contribution in [0.5, 0.6) is 5.75 Å². The van der Waals surface area contributed by atoms with Gasteiger partial charge in [0.15, 0.2) is 0 Å². The summed E-state index contributed by atoms with van der Waals surface area (Å²) in [6.45, 7) is 2.16. The molecule has 3 rings (SSSR count). The molecule has 0 aliphatic heterocycles. The van der Waals surface area contributed by atoms with Crippen molar-refractivity contribution in [2.45, 2.75) is 18.4 Å². The molecule has 1 amide bonds. The van der Waals surface area contributed by atoms with Crippen LogP contribution in [0.1, 0.15) is 12.5 Å². The van der Waals surface area contributed by atoms with Crippen LogP contribution in [0.4, 0.5) is 5.69 Å². The van der Waals surface area contributed by atoms with Crippen molar-refractivity contribution in [2.75, 3.05) is 17.5 Å². The third kappa shape index (κ3) is 5.77. The summed E-state index contributed by atoms with van der Waals surface area (Å²) in [5.74, 6) is 0.128. The zero-order chi connectivity index (χ0) is 22.3. The van der Waals surface area contributed by atoms with E-state index in [0.717, 1.165) is 9.87 Å². The van der Waals surface area contributed by atoms with Crippen molar-refractivity contribution in [1.82, 2.24) is 5.32 Å². The molecular weight excluding hydrogens is 436 g/mol. The molecule has 0 fully saturated rings. The Hall–Kier alpha value is -3.03. The van der Waals surface area contributed by atoms with Gasteiger partial charge in [-0.15, -0.1) is 0 Å². The van der Waals surface area contributed by atoms with E-state index in [1.807, 2.05) is 13.0 Å². The maximum absolute atomic E-state index is 13.3. The van der Waals surface area contributed by atoms with Crippen LogP contribution in [0.25, 0.3) is 0 Å². The SMILES string of the molecule is CCOc1ccc(S(=O)(=O)N(CC(=O)NCc2ccccc2Cl)c2ccccc2)cc1. The molecule has 0 unspecified atom stereocenters. The number of amides is 1. The average Bonchev–Trinajstić information content (AvgIpc) is 2.78. The molecule has 0 aliphatic carbocycles. The van der Waals surface area contributed by atoms with Gasteiger partial charge in [-0.25, -0.2) is 8.42 Å². The lowest BCUT2D eigenvalue weighted by molar-refractivity contribution is -0.119. The van der Waals surface area contributed by atoms with Crippen LogP contribution < -0.4 is 14.4 Å². The fourth-order valence-corrected chi connectivity index (χ4v) is 4.56. The molecule has 0 saturated carbocycles. The molecule has 3 aromatic rings. The van der Waals surface area contributed by atoms with Gasteiger partial charge in [-0.3, -0.25) is 9.10 Å². The summed E-state index contributed by atoms with van der Waals surface area (Å²) in [6.07, 6.45) is 0. The van der Waals surface area contributed by atoms with Crippen LogP contribution >= 0.6 is 11.6 Å². The highest BCUT2D eigenvalue weighted by Crippen LogP contribution is 2.25. The van der Waals surface area contributed by atoms with Crippen LogP contribution in [0, 0.1) is 0 Å². The van der Waals surface area contributed by atoms with Crippen molar-refractivity contribution >= 4 is 33.2 Å². The number of nitrogens with zero attached hydrogens (tertiary/aromatic N) is 1. The summed E-state index contributed by atoms with van der Waals surface area (Å²) in [5.41, 5.74) is 1.14. The van der Waals surface area contributed by atoms with Gasteiger partial charge >= 0.3 is 0 Å². The van der Waals surface area contributed by atoms with Gasteiger partial charge in [0.2, 0.25) is 5.91 Å². The number of benzene rings is 3. The summed E-state index contributed by atoms with van der Waals surface area (Å²) in [6, 6.07) is 21.8. The second kappa shape index (κ2) is 10.3. The number of halogens is 1. The van der Waals surface area contributed by atoms with Crippen molar-refractivity contribution in [2.24, 2.45) is 0 Å². The molecule has 0 bridgehead atoms. The van der Waals surface area contributed by atoms with E-state index in [4.69, 9.17) is 16.3 Å². The highest BCUT2D eigenvalue weighted by molar-refractivity contribution is 7.92. The number of hydrogen-bond donors (Lipinski definition) is 1. The topological polar surface area (TPSA) is 75.7 Å². The zero-order valence-corrected chi connectivity index (χ0v) is 18.6. The summed E-state index contributed by atoms with van der Waals surface area (Å²) in [4.78, 5) is 12.7. The van der Waals surface area contributed by atoms with E-state index in [0.29, 0.717) is 23.1 Å². The van der Waals surface area contributed by atoms with Gasteiger partial charge in [0.05, 0.1) is 17.2 Å². The lowest BCUT2D eigenvalue weighted by atomic mass is 10.2. The summed E-state index contributed by atoms with van der Waals surface area (Å²) >= 11 is 6.13. The van der Waals surface area contributed by atoms with Gasteiger partial charge in [-0.1, -0.05) is 48.0 Å². The molecule has 0 saturated heterocycles. The second-order valence-electron chi connectivity index (χ2n) is 6.62. The Bertz CT molecular complexity index is 1120. The maximum Gasteiger partial charge on any atom is 0.264 e. The first-order valence-corrected chi connectivity index (χ1v) is 11.5. The van der Waals surface area contributed by atoms with Gasteiger partial charge in [0.1, 0.15) is 12.3 Å². The number of carbonyl (C=O) groups excluding carboxylic acids is 1. The van der Waals surface area contributed by atoms with Crippen LogP contribution in [-0.2, 0) is 21.4 Å². The van der Waals surface area contributed by atoms with Crippen molar-refractivity contribution in [1.29, 1.82) is 0 Å². The Balaban J connectivity index is 1.83. The fourth-order valence-electron chi connectivity index (χ4n) is 2.93. The highest BCUT2D eigenvalue weighted by atomic mass is 35.5. The van der Waals surface area contributed by atoms with Crippen LogP contribution in [0.15, 0.2) is 83.8 Å². The molecule has 0 aliphatic rings. The van der Waals surface area contributed by atoms with E-state index in [9.17, 15) is 13.2 Å². The first-order chi connectivity index (χ1) is 14.9. The van der Waals surface area contributed by atoms with E-state index in [2.05, 4.69) is 5.32 Å². The largest absolute Gasteiger partial charge is 0.494 e. The minimum Gasteiger partial charge on any atom is -0.494 e. The Kier molecular flexibility index (Phi) is 7.55. The molecule has 3 aromatic carbocycles. The normalized spacial score (nSPS) is 11.0. The summed E-state index contributed by atoms with van der Waals surface area (Å²) in [5, 5.41) is 3.27. The molecule has 0 heterocycles. The van der Waals surface area contributed by atoms with Crippen molar-refractivity contribution < 1.29 is 17.9 Å². The number of carbonyl (C=O) groups is 1. The van der Waals surface area contributed by atoms with Crippen LogP contribution in [-0.4, -0.2) is 27.5 Å². The van der Waals surface area contributed by atoms with Crippen LogP contribution in [0.2, 0.25) is 5.02 Å². The third-order valence-corrected chi connectivity index (χ3v) is 6.64.